The summed E-state index contributed by atoms with van der Waals surface area (Å²) in [6.45, 7) is 2.33. The zero-order valence-electron chi connectivity index (χ0n) is 7.21. The molecule has 4 heteroatoms. The summed E-state index contributed by atoms with van der Waals surface area (Å²) in [5.74, 6) is 0.518. The first-order chi connectivity index (χ1) is 5.18. The van der Waals surface area contributed by atoms with Gasteiger partial charge in [-0.3, -0.25) is 4.79 Å². The number of rotatable bonds is 1. The monoisotopic (exact) mass is 189 g/mol. The van der Waals surface area contributed by atoms with Gasteiger partial charge >= 0.3 is 5.97 Å². The molecule has 0 fully saturated rings. The van der Waals surface area contributed by atoms with Gasteiger partial charge in [-0.05, 0) is 0 Å². The van der Waals surface area contributed by atoms with Crippen molar-refractivity contribution >= 4 is 12.2 Å². The van der Waals surface area contributed by atoms with Crippen molar-refractivity contribution in [3.8, 4) is 0 Å². The maximum atomic E-state index is 10.5. The summed E-state index contributed by atoms with van der Waals surface area (Å²) in [5.41, 5.74) is 0. The first kappa shape index (κ1) is 11.2. The smallest absolute Gasteiger partial charge is 0.307 e. The minimum absolute atomic E-state index is 0. The molecule has 0 saturated heterocycles. The van der Waals surface area contributed by atoms with Crippen molar-refractivity contribution in [1.29, 1.82) is 0 Å². The number of carbonyl (C=O) groups excluding carboxylic acids is 1. The van der Waals surface area contributed by atoms with Gasteiger partial charge in [-0.15, -0.1) is 0 Å². The Morgan fingerprint density at radius 2 is 2.33 bits per heavy atom. The third-order valence-corrected chi connectivity index (χ3v) is 1.50. The molecule has 0 aromatic rings. The Bertz CT molecular complexity index is 233. The highest BCUT2D eigenvalue weighted by atomic mass is 35.5. The molecule has 0 aromatic carbocycles. The van der Waals surface area contributed by atoms with Crippen LogP contribution in [0.1, 0.15) is 13.3 Å². The molecule has 0 atom stereocenters. The summed E-state index contributed by atoms with van der Waals surface area (Å²) < 4.78 is 6.95. The Morgan fingerprint density at radius 3 is 2.75 bits per heavy atom. The lowest BCUT2D eigenvalue weighted by molar-refractivity contribution is -0.493. The van der Waals surface area contributed by atoms with Gasteiger partial charge in [-0.25, -0.2) is 4.58 Å². The van der Waals surface area contributed by atoms with E-state index in [4.69, 9.17) is 4.74 Å². The summed E-state index contributed by atoms with van der Waals surface area (Å²) in [5, 5.41) is 0. The predicted molar refractivity (Wildman–Crippen MR) is 41.6 cm³/mol. The maximum absolute atomic E-state index is 10.5. The molecular formula is C8H12ClNO2. The molecule has 0 aromatic heterocycles. The molecule has 0 radical (unpaired) electrons. The summed E-state index contributed by atoms with van der Waals surface area (Å²) >= 11 is 0. The summed E-state index contributed by atoms with van der Waals surface area (Å²) in [6, 6.07) is 0. The molecule has 0 N–H and O–H groups in total. The molecule has 0 amide bonds. The molecule has 0 unspecified atom stereocenters. The van der Waals surface area contributed by atoms with E-state index in [1.54, 1.807) is 0 Å². The maximum Gasteiger partial charge on any atom is 0.307 e. The predicted octanol–water partition coefficient (Wildman–Crippen LogP) is -2.45. The van der Waals surface area contributed by atoms with Crippen LogP contribution < -0.4 is 12.4 Å². The number of esters is 1. The van der Waals surface area contributed by atoms with Gasteiger partial charge in [0.05, 0.1) is 6.42 Å². The highest BCUT2D eigenvalue weighted by Gasteiger charge is 2.09. The highest BCUT2D eigenvalue weighted by molar-refractivity contribution is 5.71. The summed E-state index contributed by atoms with van der Waals surface area (Å²) in [7, 11) is 1.99. The van der Waals surface area contributed by atoms with E-state index >= 15 is 0 Å². The van der Waals surface area contributed by atoms with E-state index in [0.29, 0.717) is 0 Å². The van der Waals surface area contributed by atoms with Crippen molar-refractivity contribution in [3.63, 3.8) is 0 Å². The quantitative estimate of drug-likeness (QED) is 0.339. The van der Waals surface area contributed by atoms with Gasteiger partial charge in [-0.1, -0.05) is 0 Å². The molecule has 1 rings (SSSR count). The molecular weight excluding hydrogens is 178 g/mol. The van der Waals surface area contributed by atoms with Crippen molar-refractivity contribution in [2.75, 3.05) is 13.6 Å². The number of ether oxygens (including phenoxy) is 1. The Balaban J connectivity index is 0.00000121. The van der Waals surface area contributed by atoms with Crippen LogP contribution in [0, 0.1) is 0 Å². The van der Waals surface area contributed by atoms with Crippen molar-refractivity contribution in [3.05, 3.63) is 11.8 Å². The summed E-state index contributed by atoms with van der Waals surface area (Å²) in [4.78, 5) is 10.5. The van der Waals surface area contributed by atoms with Crippen LogP contribution in [-0.4, -0.2) is 30.4 Å². The molecule has 0 aliphatic carbocycles. The van der Waals surface area contributed by atoms with Gasteiger partial charge in [0.25, 0.3) is 0 Å². The number of allylic oxidation sites excluding steroid dienone is 1. The fraction of sp³-hybridized carbons (Fsp3) is 0.500. The lowest BCUT2D eigenvalue weighted by atomic mass is 10.3. The molecule has 0 saturated carbocycles. The number of halogens is 1. The second-order valence-electron chi connectivity index (χ2n) is 2.61. The minimum atomic E-state index is -0.241. The molecule has 12 heavy (non-hydrogen) atoms. The van der Waals surface area contributed by atoms with E-state index in [-0.39, 0.29) is 18.4 Å². The second kappa shape index (κ2) is 4.93. The van der Waals surface area contributed by atoms with Crippen LogP contribution in [0.25, 0.3) is 0 Å². The number of nitrogens with zero attached hydrogens (tertiary/aromatic N) is 1. The van der Waals surface area contributed by atoms with Crippen molar-refractivity contribution < 1.29 is 26.5 Å². The molecule has 0 bridgehead atoms. The van der Waals surface area contributed by atoms with Gasteiger partial charge in [0, 0.05) is 13.0 Å². The Kier molecular flexibility index (Phi) is 4.59. The zero-order chi connectivity index (χ0) is 8.27. The van der Waals surface area contributed by atoms with Gasteiger partial charge < -0.3 is 17.1 Å². The SMILES string of the molecule is CC(=O)OC1=CC=[N+](C)CC1.[Cl-]. The first-order valence-corrected chi connectivity index (χ1v) is 3.61. The molecule has 3 nitrogen and oxygen atoms in total. The molecule has 0 spiro atoms. The number of hydrogen-bond donors (Lipinski definition) is 0. The lowest BCUT2D eigenvalue weighted by Gasteiger charge is -2.07. The first-order valence-electron chi connectivity index (χ1n) is 3.61. The van der Waals surface area contributed by atoms with Crippen LogP contribution in [-0.2, 0) is 9.53 Å². The molecule has 68 valence electrons. The third kappa shape index (κ3) is 3.53. The Morgan fingerprint density at radius 1 is 1.67 bits per heavy atom. The summed E-state index contributed by atoms with van der Waals surface area (Å²) in [6.07, 6.45) is 4.54. The van der Waals surface area contributed by atoms with Crippen LogP contribution in [0.5, 0.6) is 0 Å². The van der Waals surface area contributed by atoms with Gasteiger partial charge in [0.15, 0.2) is 6.21 Å². The van der Waals surface area contributed by atoms with E-state index < -0.39 is 0 Å². The van der Waals surface area contributed by atoms with E-state index in [0.717, 1.165) is 18.7 Å². The van der Waals surface area contributed by atoms with Crippen LogP contribution in [0.4, 0.5) is 0 Å². The second-order valence-corrected chi connectivity index (χ2v) is 2.61. The van der Waals surface area contributed by atoms with Crippen LogP contribution in [0.15, 0.2) is 11.8 Å². The third-order valence-electron chi connectivity index (χ3n) is 1.50. The van der Waals surface area contributed by atoms with Gasteiger partial charge in [0.1, 0.15) is 19.4 Å². The van der Waals surface area contributed by atoms with Crippen molar-refractivity contribution in [2.45, 2.75) is 13.3 Å². The van der Waals surface area contributed by atoms with Crippen LogP contribution in [0.2, 0.25) is 0 Å². The van der Waals surface area contributed by atoms with Crippen molar-refractivity contribution in [2.24, 2.45) is 0 Å². The van der Waals surface area contributed by atoms with E-state index in [1.807, 2.05) is 23.9 Å². The highest BCUT2D eigenvalue weighted by Crippen LogP contribution is 2.05. The average Bonchev–Trinajstić information content (AvgIpc) is 1.93. The van der Waals surface area contributed by atoms with Gasteiger partial charge in [-0.2, -0.15) is 0 Å². The molecule has 1 heterocycles. The topological polar surface area (TPSA) is 29.3 Å². The number of carbonyl (C=O) groups is 1. The lowest BCUT2D eigenvalue weighted by Crippen LogP contribution is -3.00. The van der Waals surface area contributed by atoms with E-state index in [1.165, 1.54) is 6.92 Å². The fourth-order valence-electron chi connectivity index (χ4n) is 0.924. The van der Waals surface area contributed by atoms with Crippen molar-refractivity contribution in [1.82, 2.24) is 0 Å². The standard InChI is InChI=1S/C8H12NO2.ClH/c1-7(10)11-8-3-5-9(2)6-4-8;/h3,5H,4,6H2,1-2H3;1H/q+1;/p-1. The van der Waals surface area contributed by atoms with E-state index in [2.05, 4.69) is 0 Å². The molecule has 1 aliphatic heterocycles. The number of hydrogen-bond acceptors (Lipinski definition) is 2. The molecule has 1 aliphatic rings. The average molecular weight is 190 g/mol. The Hall–Kier alpha value is -0.830. The normalized spacial score (nSPS) is 15.5. The largest absolute Gasteiger partial charge is 1.00 e. The minimum Gasteiger partial charge on any atom is -1.00 e. The Labute approximate surface area is 78.1 Å². The zero-order valence-corrected chi connectivity index (χ0v) is 7.97. The van der Waals surface area contributed by atoms with Crippen LogP contribution >= 0.6 is 0 Å². The van der Waals surface area contributed by atoms with Gasteiger partial charge in [0.2, 0.25) is 0 Å². The van der Waals surface area contributed by atoms with Crippen LogP contribution in [0.3, 0.4) is 0 Å². The van der Waals surface area contributed by atoms with E-state index in [9.17, 15) is 4.79 Å². The fourth-order valence-corrected chi connectivity index (χ4v) is 0.924.